The first kappa shape index (κ1) is 18.0. The summed E-state index contributed by atoms with van der Waals surface area (Å²) in [6.45, 7) is -0.337. The standard InChI is InChI=1S/C13H15F2N5O3S/c14-8-2-1-7(9-6-24-13(18-9)17-3-4-21)12(11(8)15)23-5-10(22)19-20-16/h1-2,6,20-21H,3-5,16H2,(H,17,18)(H,19,22). The van der Waals surface area contributed by atoms with Gasteiger partial charge in [0.25, 0.3) is 5.91 Å². The molecule has 1 heterocycles. The predicted molar refractivity (Wildman–Crippen MR) is 84.0 cm³/mol. The number of halogens is 2. The maximum absolute atomic E-state index is 14.0. The molecule has 0 aliphatic heterocycles. The molecule has 24 heavy (non-hydrogen) atoms. The van der Waals surface area contributed by atoms with Crippen LogP contribution in [0.15, 0.2) is 17.5 Å². The second-order valence-electron chi connectivity index (χ2n) is 4.41. The number of aromatic nitrogens is 1. The number of nitrogens with zero attached hydrogens (tertiary/aromatic N) is 1. The van der Waals surface area contributed by atoms with Crippen molar-refractivity contribution in [3.8, 4) is 17.0 Å². The number of anilines is 1. The van der Waals surface area contributed by atoms with Crippen molar-refractivity contribution >= 4 is 22.4 Å². The molecule has 2 aromatic rings. The third kappa shape index (κ3) is 4.35. The molecule has 0 radical (unpaired) electrons. The van der Waals surface area contributed by atoms with Crippen molar-refractivity contribution < 1.29 is 23.4 Å². The van der Waals surface area contributed by atoms with Gasteiger partial charge in [-0.05, 0) is 12.1 Å². The lowest BCUT2D eigenvalue weighted by Gasteiger charge is -2.11. The van der Waals surface area contributed by atoms with Crippen molar-refractivity contribution in [2.75, 3.05) is 25.1 Å². The Morgan fingerprint density at radius 1 is 1.42 bits per heavy atom. The number of aliphatic hydroxyl groups excluding tert-OH is 1. The molecule has 0 unspecified atom stereocenters. The van der Waals surface area contributed by atoms with Crippen LogP contribution in [0.2, 0.25) is 0 Å². The van der Waals surface area contributed by atoms with Gasteiger partial charge in [0.1, 0.15) is 0 Å². The molecule has 1 aromatic carbocycles. The molecule has 8 nitrogen and oxygen atoms in total. The van der Waals surface area contributed by atoms with E-state index in [1.165, 1.54) is 17.4 Å². The zero-order valence-corrected chi connectivity index (χ0v) is 13.1. The van der Waals surface area contributed by atoms with Crippen molar-refractivity contribution in [1.82, 2.24) is 15.9 Å². The van der Waals surface area contributed by atoms with Crippen molar-refractivity contribution in [1.29, 1.82) is 0 Å². The SMILES string of the molecule is NNNC(=O)COc1c(-c2csc(NCCO)n2)ccc(F)c1F. The number of hydrazine groups is 2. The Morgan fingerprint density at radius 2 is 2.21 bits per heavy atom. The number of ether oxygens (including phenoxy) is 1. The van der Waals surface area contributed by atoms with Crippen molar-refractivity contribution in [2.45, 2.75) is 0 Å². The molecule has 1 amide bonds. The van der Waals surface area contributed by atoms with E-state index in [0.717, 1.165) is 6.07 Å². The van der Waals surface area contributed by atoms with Crippen LogP contribution in [-0.4, -0.2) is 35.8 Å². The molecular formula is C13H15F2N5O3S. The molecule has 11 heteroatoms. The molecular weight excluding hydrogens is 344 g/mol. The average molecular weight is 359 g/mol. The van der Waals surface area contributed by atoms with E-state index in [-0.39, 0.29) is 12.2 Å². The third-order valence-electron chi connectivity index (χ3n) is 2.78. The summed E-state index contributed by atoms with van der Waals surface area (Å²) in [5, 5.41) is 13.8. The highest BCUT2D eigenvalue weighted by molar-refractivity contribution is 7.14. The molecule has 0 saturated heterocycles. The number of nitrogens with two attached hydrogens (primary N) is 1. The summed E-state index contributed by atoms with van der Waals surface area (Å²) in [5.74, 6) is 1.48. The van der Waals surface area contributed by atoms with Gasteiger partial charge in [-0.25, -0.2) is 9.37 Å². The second kappa shape index (κ2) is 8.49. The summed E-state index contributed by atoms with van der Waals surface area (Å²) in [5.41, 5.74) is 4.48. The number of hydrogen-bond acceptors (Lipinski definition) is 8. The summed E-state index contributed by atoms with van der Waals surface area (Å²) >= 11 is 1.22. The van der Waals surface area contributed by atoms with Crippen LogP contribution in [0.25, 0.3) is 11.3 Å². The van der Waals surface area contributed by atoms with Crippen LogP contribution in [0, 0.1) is 11.6 Å². The summed E-state index contributed by atoms with van der Waals surface area (Å²) in [7, 11) is 0. The summed E-state index contributed by atoms with van der Waals surface area (Å²) in [6.07, 6.45) is 0. The normalized spacial score (nSPS) is 10.5. The van der Waals surface area contributed by atoms with Crippen LogP contribution in [0.4, 0.5) is 13.9 Å². The highest BCUT2D eigenvalue weighted by atomic mass is 32.1. The fourth-order valence-corrected chi connectivity index (χ4v) is 2.51. The van der Waals surface area contributed by atoms with Crippen molar-refractivity contribution in [3.63, 3.8) is 0 Å². The quantitative estimate of drug-likeness (QED) is 0.341. The third-order valence-corrected chi connectivity index (χ3v) is 3.58. The first-order chi connectivity index (χ1) is 11.6. The summed E-state index contributed by atoms with van der Waals surface area (Å²) < 4.78 is 32.6. The Labute approximate surface area is 139 Å². The average Bonchev–Trinajstić information content (AvgIpc) is 3.03. The van der Waals surface area contributed by atoms with E-state index in [9.17, 15) is 13.6 Å². The van der Waals surface area contributed by atoms with E-state index in [1.54, 1.807) is 5.38 Å². The Bertz CT molecular complexity index is 713. The zero-order chi connectivity index (χ0) is 17.5. The van der Waals surface area contributed by atoms with Crippen LogP contribution < -0.4 is 26.9 Å². The molecule has 6 N–H and O–H groups in total. The Morgan fingerprint density at radius 3 is 2.92 bits per heavy atom. The van der Waals surface area contributed by atoms with Gasteiger partial charge in [-0.1, -0.05) is 0 Å². The van der Waals surface area contributed by atoms with Crippen LogP contribution in [0.1, 0.15) is 0 Å². The number of rotatable bonds is 8. The van der Waals surface area contributed by atoms with Gasteiger partial charge in [0.05, 0.1) is 12.3 Å². The Balaban J connectivity index is 2.27. The van der Waals surface area contributed by atoms with E-state index >= 15 is 0 Å². The Kier molecular flexibility index (Phi) is 6.37. The number of amides is 1. The topological polar surface area (TPSA) is 122 Å². The number of aliphatic hydroxyl groups is 1. The number of carbonyl (C=O) groups is 1. The highest BCUT2D eigenvalue weighted by Crippen LogP contribution is 2.35. The number of hydrogen-bond donors (Lipinski definition) is 5. The number of carbonyl (C=O) groups excluding carboxylic acids is 1. The first-order valence-corrected chi connectivity index (χ1v) is 7.60. The lowest BCUT2D eigenvalue weighted by Crippen LogP contribution is -2.44. The zero-order valence-electron chi connectivity index (χ0n) is 12.3. The molecule has 0 aliphatic carbocycles. The molecule has 2 rings (SSSR count). The van der Waals surface area contributed by atoms with Crippen LogP contribution in [-0.2, 0) is 4.79 Å². The van der Waals surface area contributed by atoms with Gasteiger partial charge in [-0.15, -0.1) is 11.3 Å². The van der Waals surface area contributed by atoms with Crippen LogP contribution in [0.3, 0.4) is 0 Å². The highest BCUT2D eigenvalue weighted by Gasteiger charge is 2.19. The minimum atomic E-state index is -1.22. The molecule has 1 aromatic heterocycles. The molecule has 0 spiro atoms. The maximum atomic E-state index is 14.0. The number of nitrogens with one attached hydrogen (secondary N) is 3. The van der Waals surface area contributed by atoms with Gasteiger partial charge in [0.15, 0.2) is 23.3 Å². The molecule has 0 aliphatic rings. The fraction of sp³-hybridized carbons (Fsp3) is 0.231. The summed E-state index contributed by atoms with van der Waals surface area (Å²) in [4.78, 5) is 15.5. The van der Waals surface area contributed by atoms with Gasteiger partial charge in [0.2, 0.25) is 5.82 Å². The van der Waals surface area contributed by atoms with Crippen LogP contribution >= 0.6 is 11.3 Å². The van der Waals surface area contributed by atoms with E-state index < -0.39 is 29.9 Å². The van der Waals surface area contributed by atoms with Gasteiger partial charge >= 0.3 is 0 Å². The minimum absolute atomic E-state index is 0.0707. The molecule has 0 saturated carbocycles. The van der Waals surface area contributed by atoms with E-state index in [4.69, 9.17) is 15.7 Å². The summed E-state index contributed by atoms with van der Waals surface area (Å²) in [6, 6.07) is 2.25. The van der Waals surface area contributed by atoms with E-state index in [0.29, 0.717) is 17.4 Å². The number of benzene rings is 1. The smallest absolute Gasteiger partial charge is 0.273 e. The van der Waals surface area contributed by atoms with Crippen molar-refractivity contribution in [2.24, 2.45) is 5.84 Å². The lowest BCUT2D eigenvalue weighted by atomic mass is 10.1. The first-order valence-electron chi connectivity index (χ1n) is 6.72. The van der Waals surface area contributed by atoms with Gasteiger partial charge in [0, 0.05) is 17.5 Å². The monoisotopic (exact) mass is 359 g/mol. The molecule has 130 valence electrons. The fourth-order valence-electron chi connectivity index (χ4n) is 1.77. The van der Waals surface area contributed by atoms with Gasteiger partial charge in [-0.3, -0.25) is 16.1 Å². The van der Waals surface area contributed by atoms with E-state index in [1.807, 2.05) is 11.0 Å². The largest absolute Gasteiger partial charge is 0.480 e. The van der Waals surface area contributed by atoms with Gasteiger partial charge < -0.3 is 15.2 Å². The van der Waals surface area contributed by atoms with Crippen LogP contribution in [0.5, 0.6) is 5.75 Å². The number of thiazole rings is 1. The van der Waals surface area contributed by atoms with E-state index in [2.05, 4.69) is 10.3 Å². The predicted octanol–water partition coefficient (Wildman–Crippen LogP) is 0.366. The lowest BCUT2D eigenvalue weighted by molar-refractivity contribution is -0.124. The maximum Gasteiger partial charge on any atom is 0.273 e. The Hall–Kier alpha value is -2.34. The molecule has 0 bridgehead atoms. The molecule has 0 atom stereocenters. The second-order valence-corrected chi connectivity index (χ2v) is 5.27. The van der Waals surface area contributed by atoms with Crippen molar-refractivity contribution in [3.05, 3.63) is 29.1 Å². The van der Waals surface area contributed by atoms with Gasteiger partial charge in [-0.2, -0.15) is 9.93 Å². The molecule has 0 fully saturated rings. The minimum Gasteiger partial charge on any atom is -0.480 e.